The summed E-state index contributed by atoms with van der Waals surface area (Å²) < 4.78 is 163. The van der Waals surface area contributed by atoms with E-state index < -0.39 is 78.4 Å². The summed E-state index contributed by atoms with van der Waals surface area (Å²) in [5.41, 5.74) is -6.76. The van der Waals surface area contributed by atoms with E-state index in [0.29, 0.717) is 0 Å². The lowest BCUT2D eigenvalue weighted by Gasteiger charge is -2.59. The lowest BCUT2D eigenvalue weighted by molar-refractivity contribution is -0.282. The van der Waals surface area contributed by atoms with Crippen LogP contribution in [0.2, 0.25) is 0 Å². The van der Waals surface area contributed by atoms with Crippen LogP contribution in [0.25, 0.3) is 0 Å². The van der Waals surface area contributed by atoms with Crippen LogP contribution >= 0.6 is 0 Å². The van der Waals surface area contributed by atoms with Crippen LogP contribution in [-0.4, -0.2) is 47.0 Å². The van der Waals surface area contributed by atoms with Crippen molar-refractivity contribution >= 4 is 0 Å². The number of piperidine rings is 1. The number of hydrogen-bond donors (Lipinski definition) is 2. The lowest BCUT2D eigenvalue weighted by Crippen LogP contribution is -2.77. The predicted molar refractivity (Wildman–Crippen MR) is 84.7 cm³/mol. The maximum atomic E-state index is 13.5. The van der Waals surface area contributed by atoms with Crippen LogP contribution in [0.15, 0.2) is 0 Å². The van der Waals surface area contributed by atoms with Gasteiger partial charge in [0.15, 0.2) is 0 Å². The molecule has 1 saturated heterocycles. The van der Waals surface area contributed by atoms with Crippen molar-refractivity contribution in [3.8, 4) is 0 Å². The minimum Gasteiger partial charge on any atom is -0.393 e. The SMILES string of the molecule is CC(C(F)(F)F)C1(C(C)C(F)(F)F)CC(O)CC(C(C)C(F)(F)F)(C(C)C(F)(F)F)N1. The molecular weight excluding hydrogens is 462 g/mol. The molecular formula is C17H23F12NO. The first-order chi connectivity index (χ1) is 13.4. The van der Waals surface area contributed by atoms with Crippen molar-refractivity contribution in [3.05, 3.63) is 0 Å². The van der Waals surface area contributed by atoms with E-state index in [0.717, 1.165) is 0 Å². The van der Waals surface area contributed by atoms with Crippen molar-refractivity contribution in [1.82, 2.24) is 5.32 Å². The average Bonchev–Trinajstić information content (AvgIpc) is 2.54. The van der Waals surface area contributed by atoms with Gasteiger partial charge in [-0.15, -0.1) is 0 Å². The molecule has 0 aromatic carbocycles. The second-order valence-electron chi connectivity index (χ2n) is 8.32. The van der Waals surface area contributed by atoms with Gasteiger partial charge >= 0.3 is 24.7 Å². The Morgan fingerprint density at radius 1 is 0.581 bits per heavy atom. The normalized spacial score (nSPS) is 33.0. The van der Waals surface area contributed by atoms with Crippen LogP contribution in [0.5, 0.6) is 0 Å². The van der Waals surface area contributed by atoms with Gasteiger partial charge < -0.3 is 10.4 Å². The molecule has 186 valence electrons. The topological polar surface area (TPSA) is 32.3 Å². The molecule has 2 N–H and O–H groups in total. The third-order valence-corrected chi connectivity index (χ3v) is 6.67. The van der Waals surface area contributed by atoms with E-state index in [-0.39, 0.29) is 27.7 Å². The Balaban J connectivity index is 3.91. The Hall–Kier alpha value is -0.920. The first-order valence-corrected chi connectivity index (χ1v) is 9.17. The highest BCUT2D eigenvalue weighted by molar-refractivity contribution is 5.16. The fourth-order valence-corrected chi connectivity index (χ4v) is 4.45. The molecule has 0 aliphatic carbocycles. The predicted octanol–water partition coefficient (Wildman–Crippen LogP) is 6.00. The second kappa shape index (κ2) is 8.14. The molecule has 4 atom stereocenters. The fourth-order valence-electron chi connectivity index (χ4n) is 4.45. The Labute approximate surface area is 170 Å². The smallest absolute Gasteiger partial charge is 0.393 e. The number of hydrogen-bond acceptors (Lipinski definition) is 2. The van der Waals surface area contributed by atoms with Gasteiger partial charge in [0.25, 0.3) is 0 Å². The highest BCUT2D eigenvalue weighted by Gasteiger charge is 2.69. The van der Waals surface area contributed by atoms with E-state index in [1.807, 2.05) is 0 Å². The van der Waals surface area contributed by atoms with E-state index in [2.05, 4.69) is 0 Å². The molecule has 1 heterocycles. The van der Waals surface area contributed by atoms with Crippen LogP contribution in [-0.2, 0) is 0 Å². The Kier molecular flexibility index (Phi) is 7.38. The number of nitrogens with one attached hydrogen (secondary N) is 1. The molecule has 0 saturated carbocycles. The van der Waals surface area contributed by atoms with Crippen LogP contribution in [0.1, 0.15) is 40.5 Å². The van der Waals surface area contributed by atoms with Crippen molar-refractivity contribution in [3.63, 3.8) is 0 Å². The summed E-state index contributed by atoms with van der Waals surface area (Å²) in [6.07, 6.45) is -26.6. The van der Waals surface area contributed by atoms with Crippen molar-refractivity contribution in [2.45, 2.75) is 82.4 Å². The van der Waals surface area contributed by atoms with Crippen molar-refractivity contribution in [2.75, 3.05) is 0 Å². The zero-order valence-electron chi connectivity index (χ0n) is 16.8. The molecule has 1 rings (SSSR count). The summed E-state index contributed by atoms with van der Waals surface area (Å²) in [6, 6.07) is 0. The lowest BCUT2D eigenvalue weighted by atomic mass is 9.60. The monoisotopic (exact) mass is 485 g/mol. The molecule has 2 nitrogen and oxygen atoms in total. The third kappa shape index (κ3) is 5.36. The minimum atomic E-state index is -5.42. The number of aliphatic hydroxyl groups is 1. The van der Waals surface area contributed by atoms with Crippen LogP contribution in [0, 0.1) is 23.7 Å². The Bertz CT molecular complexity index is 529. The summed E-state index contributed by atoms with van der Waals surface area (Å²) in [4.78, 5) is 0. The van der Waals surface area contributed by atoms with E-state index in [9.17, 15) is 57.8 Å². The van der Waals surface area contributed by atoms with Gasteiger partial charge in [-0.05, 0) is 12.8 Å². The zero-order valence-corrected chi connectivity index (χ0v) is 16.8. The highest BCUT2D eigenvalue weighted by Crippen LogP contribution is 2.55. The van der Waals surface area contributed by atoms with Crippen LogP contribution < -0.4 is 5.32 Å². The number of alkyl halides is 12. The first-order valence-electron chi connectivity index (χ1n) is 9.17. The van der Waals surface area contributed by atoms with Gasteiger partial charge in [0.1, 0.15) is 0 Å². The van der Waals surface area contributed by atoms with E-state index in [1.54, 1.807) is 5.32 Å². The molecule has 4 unspecified atom stereocenters. The molecule has 1 fully saturated rings. The molecule has 1 aliphatic heterocycles. The fraction of sp³-hybridized carbons (Fsp3) is 1.00. The van der Waals surface area contributed by atoms with Crippen molar-refractivity contribution in [1.29, 1.82) is 0 Å². The van der Waals surface area contributed by atoms with Crippen LogP contribution in [0.3, 0.4) is 0 Å². The van der Waals surface area contributed by atoms with Crippen molar-refractivity contribution in [2.24, 2.45) is 23.7 Å². The summed E-state index contributed by atoms with van der Waals surface area (Å²) in [5.74, 6) is -12.1. The van der Waals surface area contributed by atoms with Gasteiger partial charge in [-0.2, -0.15) is 52.7 Å². The Morgan fingerprint density at radius 2 is 0.774 bits per heavy atom. The maximum Gasteiger partial charge on any atom is 0.393 e. The molecule has 14 heteroatoms. The summed E-state index contributed by atoms with van der Waals surface area (Å²) in [5, 5.41) is 11.7. The second-order valence-corrected chi connectivity index (χ2v) is 8.32. The maximum absolute atomic E-state index is 13.5. The average molecular weight is 485 g/mol. The van der Waals surface area contributed by atoms with Gasteiger partial charge in [0.2, 0.25) is 0 Å². The van der Waals surface area contributed by atoms with Crippen LogP contribution in [0.4, 0.5) is 52.7 Å². The summed E-state index contributed by atoms with van der Waals surface area (Å²) in [7, 11) is 0. The number of aliphatic hydroxyl groups excluding tert-OH is 1. The number of rotatable bonds is 4. The summed E-state index contributed by atoms with van der Waals surface area (Å²) in [6.45, 7) is 0.978. The zero-order chi connectivity index (χ0) is 25.0. The first kappa shape index (κ1) is 28.1. The third-order valence-electron chi connectivity index (χ3n) is 6.67. The van der Waals surface area contributed by atoms with E-state index in [4.69, 9.17) is 0 Å². The largest absolute Gasteiger partial charge is 0.393 e. The highest BCUT2D eigenvalue weighted by atomic mass is 19.4. The van der Waals surface area contributed by atoms with E-state index in [1.165, 1.54) is 0 Å². The molecule has 0 aromatic heterocycles. The van der Waals surface area contributed by atoms with Gasteiger partial charge in [-0.25, -0.2) is 0 Å². The standard InChI is InChI=1S/C17H23F12NO/c1-7(14(18,19)20)12(8(2)15(21,22)23)5-11(31)6-13(30-12,9(3)16(24,25)26)10(4)17(27,28)29/h7-11,30-31H,5-6H2,1-4H3. The van der Waals surface area contributed by atoms with E-state index >= 15 is 0 Å². The molecule has 0 bridgehead atoms. The molecule has 31 heavy (non-hydrogen) atoms. The minimum absolute atomic E-state index is 0.245. The molecule has 0 aromatic rings. The quantitative estimate of drug-likeness (QED) is 0.479. The number of halogens is 12. The van der Waals surface area contributed by atoms with Gasteiger partial charge in [0.05, 0.1) is 29.8 Å². The summed E-state index contributed by atoms with van der Waals surface area (Å²) >= 11 is 0. The molecule has 0 radical (unpaired) electrons. The van der Waals surface area contributed by atoms with Crippen molar-refractivity contribution < 1.29 is 57.8 Å². The van der Waals surface area contributed by atoms with Gasteiger partial charge in [-0.3, -0.25) is 0 Å². The van der Waals surface area contributed by atoms with Gasteiger partial charge in [0, 0.05) is 11.1 Å². The Morgan fingerprint density at radius 3 is 0.935 bits per heavy atom. The molecule has 1 aliphatic rings. The molecule has 0 amide bonds. The van der Waals surface area contributed by atoms with Gasteiger partial charge in [-0.1, -0.05) is 27.7 Å². The molecule has 0 spiro atoms.